The van der Waals surface area contributed by atoms with Crippen molar-refractivity contribution in [1.29, 1.82) is 0 Å². The van der Waals surface area contributed by atoms with Crippen LogP contribution in [0, 0.1) is 0 Å². The lowest BCUT2D eigenvalue weighted by molar-refractivity contribution is -0.124. The molecule has 3 N–H and O–H groups in total. The van der Waals surface area contributed by atoms with E-state index in [9.17, 15) is 18.4 Å². The lowest BCUT2D eigenvalue weighted by Gasteiger charge is -2.35. The number of benzene rings is 1. The Balaban J connectivity index is 1.55. The molecule has 2 heterocycles. The van der Waals surface area contributed by atoms with E-state index in [2.05, 4.69) is 30.6 Å². The predicted molar refractivity (Wildman–Crippen MR) is 113 cm³/mol. The van der Waals surface area contributed by atoms with Crippen LogP contribution in [-0.2, 0) is 4.79 Å². The van der Waals surface area contributed by atoms with E-state index in [0.717, 1.165) is 36.5 Å². The molecule has 3 rings (SSSR count). The fourth-order valence-corrected chi connectivity index (χ4v) is 3.62. The number of carbonyl (C=O) groups excluding carboxylic acids is 2. The summed E-state index contributed by atoms with van der Waals surface area (Å²) < 4.78 is 29.1. The third-order valence-corrected chi connectivity index (χ3v) is 5.06. The number of nitrogens with zero attached hydrogens (tertiary/aromatic N) is 3. The number of piperidine rings is 1. The van der Waals surface area contributed by atoms with Gasteiger partial charge in [0.05, 0.1) is 19.6 Å². The third kappa shape index (κ3) is 6.43. The van der Waals surface area contributed by atoms with Gasteiger partial charge in [-0.1, -0.05) is 0 Å². The summed E-state index contributed by atoms with van der Waals surface area (Å²) in [6.07, 6.45) is 1.93. The van der Waals surface area contributed by atoms with Crippen molar-refractivity contribution in [2.75, 3.05) is 44.2 Å². The van der Waals surface area contributed by atoms with Gasteiger partial charge >= 0.3 is 12.6 Å². The van der Waals surface area contributed by atoms with E-state index in [1.54, 1.807) is 24.3 Å². The minimum Gasteiger partial charge on any atom is -0.435 e. The first kappa shape index (κ1) is 22.6. The van der Waals surface area contributed by atoms with Gasteiger partial charge < -0.3 is 25.6 Å². The average molecular weight is 438 g/mol. The SMILES string of the molecule is CCNC(=NCCN1C(=O)CNC1=O)NC1CCCN(c2ccc(OC(F)F)cc2)C1. The molecular weight excluding hydrogens is 410 g/mol. The maximum absolute atomic E-state index is 12.3. The molecule has 0 radical (unpaired) electrons. The summed E-state index contributed by atoms with van der Waals surface area (Å²) in [5.41, 5.74) is 0.939. The zero-order valence-electron chi connectivity index (χ0n) is 17.4. The molecule has 0 saturated carbocycles. The first-order chi connectivity index (χ1) is 15.0. The number of hydrogen-bond donors (Lipinski definition) is 3. The summed E-state index contributed by atoms with van der Waals surface area (Å²) in [6, 6.07) is 6.39. The fraction of sp³-hybridized carbons (Fsp3) is 0.550. The molecule has 170 valence electrons. The number of aliphatic imine (C=N–C) groups is 1. The van der Waals surface area contributed by atoms with Crippen molar-refractivity contribution < 1.29 is 23.1 Å². The van der Waals surface area contributed by atoms with Crippen LogP contribution >= 0.6 is 0 Å². The monoisotopic (exact) mass is 438 g/mol. The van der Waals surface area contributed by atoms with Crippen LogP contribution in [-0.4, -0.2) is 74.7 Å². The highest BCUT2D eigenvalue weighted by molar-refractivity contribution is 6.01. The van der Waals surface area contributed by atoms with Crippen LogP contribution in [0.15, 0.2) is 29.3 Å². The minimum atomic E-state index is -2.84. The normalized spacial score (nSPS) is 19.6. The van der Waals surface area contributed by atoms with E-state index < -0.39 is 6.61 Å². The molecule has 1 aromatic rings. The summed E-state index contributed by atoms with van der Waals surface area (Å²) in [7, 11) is 0. The lowest BCUT2D eigenvalue weighted by Crippen LogP contribution is -2.51. The highest BCUT2D eigenvalue weighted by Crippen LogP contribution is 2.23. The van der Waals surface area contributed by atoms with Gasteiger partial charge in [0.25, 0.3) is 0 Å². The van der Waals surface area contributed by atoms with Gasteiger partial charge in [0.2, 0.25) is 5.91 Å². The second-order valence-corrected chi connectivity index (χ2v) is 7.27. The van der Waals surface area contributed by atoms with Crippen LogP contribution < -0.4 is 25.6 Å². The van der Waals surface area contributed by atoms with Crippen LogP contribution in [0.25, 0.3) is 0 Å². The van der Waals surface area contributed by atoms with E-state index in [1.807, 2.05) is 6.92 Å². The standard InChI is InChI=1S/C20H28F2N6O3/c1-2-23-19(24-9-11-28-17(29)12-25-20(28)30)26-14-4-3-10-27(13-14)15-5-7-16(8-6-15)31-18(21)22/h5-8,14,18H,2-4,9-13H2,1H3,(H,25,30)(H2,23,24,26). The Bertz CT molecular complexity index is 774. The van der Waals surface area contributed by atoms with Gasteiger partial charge in [0.15, 0.2) is 5.96 Å². The largest absolute Gasteiger partial charge is 0.435 e. The smallest absolute Gasteiger partial charge is 0.387 e. The number of guanidine groups is 1. The van der Waals surface area contributed by atoms with Crippen molar-refractivity contribution in [2.45, 2.75) is 32.4 Å². The summed E-state index contributed by atoms with van der Waals surface area (Å²) in [5, 5.41) is 9.09. The Morgan fingerprint density at radius 3 is 2.74 bits per heavy atom. The maximum atomic E-state index is 12.3. The second kappa shape index (κ2) is 10.8. The van der Waals surface area contributed by atoms with Crippen molar-refractivity contribution in [1.82, 2.24) is 20.9 Å². The van der Waals surface area contributed by atoms with Gasteiger partial charge in [0.1, 0.15) is 5.75 Å². The second-order valence-electron chi connectivity index (χ2n) is 7.27. The molecule has 2 fully saturated rings. The third-order valence-electron chi connectivity index (χ3n) is 5.06. The van der Waals surface area contributed by atoms with E-state index in [-0.39, 0.29) is 36.8 Å². The molecule has 0 spiro atoms. The number of halogens is 2. The quantitative estimate of drug-likeness (QED) is 0.322. The first-order valence-electron chi connectivity index (χ1n) is 10.4. The Morgan fingerprint density at radius 2 is 2.10 bits per heavy atom. The molecule has 2 aliphatic heterocycles. The number of ether oxygens (including phenoxy) is 1. The number of rotatable bonds is 8. The number of nitrogens with one attached hydrogen (secondary N) is 3. The molecule has 0 aromatic heterocycles. The van der Waals surface area contributed by atoms with Gasteiger partial charge in [0, 0.05) is 31.4 Å². The van der Waals surface area contributed by atoms with Crippen LogP contribution in [0.5, 0.6) is 5.75 Å². The Hall–Kier alpha value is -3.11. The predicted octanol–water partition coefficient (Wildman–Crippen LogP) is 1.36. The highest BCUT2D eigenvalue weighted by Gasteiger charge is 2.27. The van der Waals surface area contributed by atoms with Gasteiger partial charge in [-0.3, -0.25) is 14.7 Å². The zero-order valence-corrected chi connectivity index (χ0v) is 17.4. The molecule has 11 heteroatoms. The molecule has 0 bridgehead atoms. The summed E-state index contributed by atoms with van der Waals surface area (Å²) >= 11 is 0. The molecule has 3 amide bonds. The maximum Gasteiger partial charge on any atom is 0.387 e. The van der Waals surface area contributed by atoms with Gasteiger partial charge in [-0.15, -0.1) is 0 Å². The fourth-order valence-electron chi connectivity index (χ4n) is 3.62. The summed E-state index contributed by atoms with van der Waals surface area (Å²) in [4.78, 5) is 31.1. The van der Waals surface area contributed by atoms with E-state index in [4.69, 9.17) is 0 Å². The number of carbonyl (C=O) groups is 2. The van der Waals surface area contributed by atoms with Crippen molar-refractivity contribution in [3.8, 4) is 5.75 Å². The van der Waals surface area contributed by atoms with Crippen molar-refractivity contribution >= 4 is 23.6 Å². The Labute approximate surface area is 179 Å². The van der Waals surface area contributed by atoms with Crippen LogP contribution in [0.1, 0.15) is 19.8 Å². The van der Waals surface area contributed by atoms with Crippen molar-refractivity contribution in [3.63, 3.8) is 0 Å². The molecule has 31 heavy (non-hydrogen) atoms. The minimum absolute atomic E-state index is 0.0357. The van der Waals surface area contributed by atoms with Gasteiger partial charge in [-0.05, 0) is 44.0 Å². The highest BCUT2D eigenvalue weighted by atomic mass is 19.3. The van der Waals surface area contributed by atoms with E-state index >= 15 is 0 Å². The first-order valence-corrected chi connectivity index (χ1v) is 10.4. The van der Waals surface area contributed by atoms with Gasteiger partial charge in [-0.2, -0.15) is 8.78 Å². The van der Waals surface area contributed by atoms with Crippen molar-refractivity contribution in [3.05, 3.63) is 24.3 Å². The Morgan fingerprint density at radius 1 is 1.32 bits per heavy atom. The van der Waals surface area contributed by atoms with E-state index in [0.29, 0.717) is 19.0 Å². The average Bonchev–Trinajstić information content (AvgIpc) is 3.06. The molecule has 1 unspecified atom stereocenters. The van der Waals surface area contributed by atoms with Gasteiger partial charge in [-0.25, -0.2) is 4.79 Å². The number of urea groups is 1. The topological polar surface area (TPSA) is 98.3 Å². The van der Waals surface area contributed by atoms with Crippen molar-refractivity contribution in [2.24, 2.45) is 4.99 Å². The Kier molecular flexibility index (Phi) is 7.85. The number of amides is 3. The molecule has 0 aliphatic carbocycles. The number of hydrogen-bond acceptors (Lipinski definition) is 5. The molecule has 2 saturated heterocycles. The zero-order chi connectivity index (χ0) is 22.2. The molecule has 9 nitrogen and oxygen atoms in total. The van der Waals surface area contributed by atoms with E-state index in [1.165, 1.54) is 0 Å². The summed E-state index contributed by atoms with van der Waals surface area (Å²) in [6.45, 7) is 1.97. The number of anilines is 1. The molecule has 2 aliphatic rings. The molecule has 1 atom stereocenters. The van der Waals surface area contributed by atoms with Crippen LogP contribution in [0.3, 0.4) is 0 Å². The molecule has 1 aromatic carbocycles. The molecular formula is C20H28F2N6O3. The number of imide groups is 1. The summed E-state index contributed by atoms with van der Waals surface area (Å²) in [5.74, 6) is 0.519. The van der Waals surface area contributed by atoms with Crippen LogP contribution in [0.2, 0.25) is 0 Å². The van der Waals surface area contributed by atoms with Crippen LogP contribution in [0.4, 0.5) is 19.3 Å². The lowest BCUT2D eigenvalue weighted by atomic mass is 10.0. The number of alkyl halides is 2.